The van der Waals surface area contributed by atoms with E-state index >= 15 is 0 Å². The second-order valence-corrected chi connectivity index (χ2v) is 9.95. The van der Waals surface area contributed by atoms with Crippen LogP contribution < -0.4 is 15.7 Å². The van der Waals surface area contributed by atoms with Crippen LogP contribution in [0.5, 0.6) is 0 Å². The largest absolute Gasteiger partial charge is 0.376 e. The zero-order chi connectivity index (χ0) is 21.5. The van der Waals surface area contributed by atoms with Gasteiger partial charge in [0.1, 0.15) is 0 Å². The summed E-state index contributed by atoms with van der Waals surface area (Å²) >= 11 is 1.93. The third-order valence-corrected chi connectivity index (χ3v) is 8.48. The van der Waals surface area contributed by atoms with Gasteiger partial charge in [0.25, 0.3) is 0 Å². The Labute approximate surface area is 196 Å². The molecule has 0 atom stereocenters. The van der Waals surface area contributed by atoms with Gasteiger partial charge in [-0.2, -0.15) is 0 Å². The summed E-state index contributed by atoms with van der Waals surface area (Å²) in [6.45, 7) is 0.163. The average Bonchev–Trinajstić information content (AvgIpc) is 3.27. The third kappa shape index (κ3) is 2.23. The lowest BCUT2D eigenvalue weighted by Gasteiger charge is -2.43. The van der Waals surface area contributed by atoms with Crippen molar-refractivity contribution in [2.24, 2.45) is 0 Å². The molecule has 3 heteroatoms. The van der Waals surface area contributed by atoms with Crippen LogP contribution in [0.3, 0.4) is 0 Å². The van der Waals surface area contributed by atoms with Gasteiger partial charge >= 0.3 is 6.85 Å². The molecule has 152 valence electrons. The lowest BCUT2D eigenvalue weighted by Crippen LogP contribution is -2.59. The number of hydrogen-bond donors (Lipinski definition) is 0. The zero-order valence-corrected chi connectivity index (χ0v) is 18.6. The van der Waals surface area contributed by atoms with E-state index in [1.54, 1.807) is 0 Å². The Morgan fingerprint density at radius 1 is 0.515 bits per heavy atom. The number of thiophene rings is 1. The van der Waals surface area contributed by atoms with Crippen molar-refractivity contribution in [3.05, 3.63) is 109 Å². The molecule has 0 amide bonds. The molecule has 0 radical (unpaired) electrons. The number of rotatable bonds is 0. The van der Waals surface area contributed by atoms with Gasteiger partial charge in [0, 0.05) is 42.7 Å². The molecule has 3 heterocycles. The van der Waals surface area contributed by atoms with Gasteiger partial charge in [-0.15, -0.1) is 11.3 Å². The van der Waals surface area contributed by atoms with Crippen molar-refractivity contribution < 1.29 is 0 Å². The summed E-state index contributed by atoms with van der Waals surface area (Å²) in [7, 11) is 0. The normalized spacial score (nSPS) is 13.3. The van der Waals surface area contributed by atoms with Crippen LogP contribution in [0.15, 0.2) is 109 Å². The Hall–Kier alpha value is -3.82. The van der Waals surface area contributed by atoms with Crippen LogP contribution in [0, 0.1) is 0 Å². The molecule has 8 rings (SSSR count). The van der Waals surface area contributed by atoms with Gasteiger partial charge in [0.15, 0.2) is 0 Å². The van der Waals surface area contributed by atoms with Crippen molar-refractivity contribution in [3.8, 4) is 22.3 Å². The highest BCUT2D eigenvalue weighted by atomic mass is 32.1. The summed E-state index contributed by atoms with van der Waals surface area (Å²) < 4.78 is 2.76. The number of anilines is 2. The van der Waals surface area contributed by atoms with E-state index in [0.717, 1.165) is 0 Å². The van der Waals surface area contributed by atoms with E-state index in [1.807, 2.05) is 11.3 Å². The molecule has 0 spiro atoms. The lowest BCUT2D eigenvalue weighted by atomic mass is 9.43. The maximum Gasteiger partial charge on any atom is 0.329 e. The first-order valence-electron chi connectivity index (χ1n) is 11.4. The summed E-state index contributed by atoms with van der Waals surface area (Å²) in [4.78, 5) is 2.56. The van der Waals surface area contributed by atoms with E-state index in [1.165, 1.54) is 64.7 Å². The summed E-state index contributed by atoms with van der Waals surface area (Å²) in [6.07, 6.45) is 0. The maximum absolute atomic E-state index is 2.56. The molecule has 1 nitrogen and oxygen atoms in total. The van der Waals surface area contributed by atoms with E-state index in [9.17, 15) is 0 Å². The van der Waals surface area contributed by atoms with Crippen LogP contribution in [0.25, 0.3) is 42.4 Å². The van der Waals surface area contributed by atoms with Crippen molar-refractivity contribution in [1.82, 2.24) is 0 Å². The van der Waals surface area contributed by atoms with Gasteiger partial charge in [-0.05, 0) is 40.3 Å². The molecule has 0 fully saturated rings. The van der Waals surface area contributed by atoms with Crippen molar-refractivity contribution in [3.63, 3.8) is 0 Å². The van der Waals surface area contributed by atoms with Gasteiger partial charge < -0.3 is 4.81 Å². The topological polar surface area (TPSA) is 3.24 Å². The molecule has 1 aromatic heterocycles. The Bertz CT molecular complexity index is 1750. The number of fused-ring (bicyclic) bond motifs is 15. The zero-order valence-electron chi connectivity index (χ0n) is 17.8. The molecular formula is C30H18BNS. The first-order valence-corrected chi connectivity index (χ1v) is 12.2. The molecular weight excluding hydrogens is 417 g/mol. The van der Waals surface area contributed by atoms with E-state index in [2.05, 4.69) is 114 Å². The van der Waals surface area contributed by atoms with Crippen LogP contribution in [-0.4, -0.2) is 6.85 Å². The van der Waals surface area contributed by atoms with Gasteiger partial charge in [0.05, 0.1) is 0 Å². The summed E-state index contributed by atoms with van der Waals surface area (Å²) in [5.74, 6) is 0. The fourth-order valence-electron chi connectivity index (χ4n) is 5.95. The van der Waals surface area contributed by atoms with Gasteiger partial charge in [0.2, 0.25) is 0 Å². The van der Waals surface area contributed by atoms with Crippen LogP contribution in [0.2, 0.25) is 0 Å². The van der Waals surface area contributed by atoms with Crippen molar-refractivity contribution >= 4 is 60.7 Å². The molecule has 33 heavy (non-hydrogen) atoms. The highest BCUT2D eigenvalue weighted by Gasteiger charge is 2.42. The predicted octanol–water partition coefficient (Wildman–Crippen LogP) is 6.96. The molecule has 2 aliphatic rings. The fourth-order valence-corrected chi connectivity index (χ4v) is 7.22. The maximum atomic E-state index is 2.56. The number of para-hydroxylation sites is 2. The van der Waals surface area contributed by atoms with E-state index in [4.69, 9.17) is 0 Å². The highest BCUT2D eigenvalue weighted by molar-refractivity contribution is 7.26. The molecule has 0 unspecified atom stereocenters. The van der Waals surface area contributed by atoms with Gasteiger partial charge in [-0.25, -0.2) is 0 Å². The summed E-state index contributed by atoms with van der Waals surface area (Å²) in [5, 5.41) is 2.72. The Balaban J connectivity index is 1.55. The smallest absolute Gasteiger partial charge is 0.329 e. The Morgan fingerprint density at radius 3 is 2.06 bits per heavy atom. The molecule has 0 saturated heterocycles. The minimum Gasteiger partial charge on any atom is -0.376 e. The lowest BCUT2D eigenvalue weighted by molar-refractivity contribution is 1.35. The molecule has 0 bridgehead atoms. The van der Waals surface area contributed by atoms with E-state index in [0.29, 0.717) is 0 Å². The first kappa shape index (κ1) is 17.7. The quantitative estimate of drug-likeness (QED) is 0.233. The Kier molecular flexibility index (Phi) is 3.42. The molecule has 0 N–H and O–H groups in total. The van der Waals surface area contributed by atoms with Crippen molar-refractivity contribution in [2.45, 2.75) is 0 Å². The number of nitrogens with zero attached hydrogens (tertiary/aromatic N) is 1. The minimum absolute atomic E-state index is 0.163. The molecule has 2 aliphatic heterocycles. The van der Waals surface area contributed by atoms with E-state index < -0.39 is 0 Å². The molecule has 5 aromatic carbocycles. The second-order valence-electron chi connectivity index (χ2n) is 8.90. The summed E-state index contributed by atoms with van der Waals surface area (Å²) in [5.41, 5.74) is 10.7. The van der Waals surface area contributed by atoms with Crippen molar-refractivity contribution in [1.29, 1.82) is 0 Å². The second kappa shape index (κ2) is 6.37. The standard InChI is InChI=1S/C30H18BNS/c1-5-13-24-19(9-1)20-10-2-6-14-26(20)32-27-15-7-3-12-23(27)29-25(31(24)32)18-17-22-21-11-4-8-16-28(21)33-30(22)29/h1-18H. The van der Waals surface area contributed by atoms with Gasteiger partial charge in [-0.3, -0.25) is 0 Å². The van der Waals surface area contributed by atoms with Crippen molar-refractivity contribution in [2.75, 3.05) is 4.81 Å². The van der Waals surface area contributed by atoms with Crippen LogP contribution >= 0.6 is 11.3 Å². The van der Waals surface area contributed by atoms with Crippen LogP contribution in [0.4, 0.5) is 11.4 Å². The van der Waals surface area contributed by atoms with Crippen LogP contribution in [0.1, 0.15) is 0 Å². The number of hydrogen-bond acceptors (Lipinski definition) is 2. The fraction of sp³-hybridized carbons (Fsp3) is 0. The molecule has 6 aromatic rings. The van der Waals surface area contributed by atoms with Crippen LogP contribution in [-0.2, 0) is 0 Å². The van der Waals surface area contributed by atoms with E-state index in [-0.39, 0.29) is 6.85 Å². The minimum atomic E-state index is 0.163. The molecule has 0 saturated carbocycles. The predicted molar refractivity (Wildman–Crippen MR) is 144 cm³/mol. The Morgan fingerprint density at radius 2 is 1.18 bits per heavy atom. The third-order valence-electron chi connectivity index (χ3n) is 7.27. The first-order chi connectivity index (χ1) is 16.4. The summed E-state index contributed by atoms with van der Waals surface area (Å²) in [6, 6.07) is 40.3. The highest BCUT2D eigenvalue weighted by Crippen LogP contribution is 2.48. The number of benzene rings is 5. The SMILES string of the molecule is c1ccc2c(c1)B1c3ccc4c(sc5ccccc54)c3-c3ccccc3N1c1ccccc1-2. The monoisotopic (exact) mass is 435 g/mol. The van der Waals surface area contributed by atoms with Gasteiger partial charge in [-0.1, -0.05) is 91.0 Å². The molecule has 0 aliphatic carbocycles. The average molecular weight is 435 g/mol.